The molecule has 0 atom stereocenters. The van der Waals surface area contributed by atoms with Crippen LogP contribution in [0.4, 0.5) is 5.69 Å². The van der Waals surface area contributed by atoms with Crippen molar-refractivity contribution in [3.8, 4) is 22.8 Å². The van der Waals surface area contributed by atoms with Gasteiger partial charge in [-0.3, -0.25) is 20.1 Å². The van der Waals surface area contributed by atoms with Gasteiger partial charge in [-0.15, -0.1) is 0 Å². The maximum atomic E-state index is 11.7. The number of benzene rings is 2. The van der Waals surface area contributed by atoms with Gasteiger partial charge in [0.05, 0.1) is 23.7 Å². The van der Waals surface area contributed by atoms with Crippen molar-refractivity contribution in [1.82, 2.24) is 15.1 Å². The summed E-state index contributed by atoms with van der Waals surface area (Å²) in [6.07, 6.45) is 0.845. The van der Waals surface area contributed by atoms with Gasteiger partial charge in [-0.25, -0.2) is 0 Å². The lowest BCUT2D eigenvalue weighted by atomic mass is 9.99. The van der Waals surface area contributed by atoms with Gasteiger partial charge in [0.1, 0.15) is 11.4 Å². The Bertz CT molecular complexity index is 1060. The Morgan fingerprint density at radius 3 is 2.58 bits per heavy atom. The van der Waals surface area contributed by atoms with Crippen LogP contribution >= 0.6 is 0 Å². The van der Waals surface area contributed by atoms with Crippen LogP contribution in [0.5, 0.6) is 11.5 Å². The molecule has 3 aromatic rings. The number of fused-ring (bicyclic) bond motifs is 1. The van der Waals surface area contributed by atoms with E-state index in [0.717, 1.165) is 30.8 Å². The molecule has 0 amide bonds. The van der Waals surface area contributed by atoms with Gasteiger partial charge in [0.2, 0.25) is 5.75 Å². The molecule has 0 saturated heterocycles. The standard InChI is InChI=1S/C23H26N4O4/c1-3-30-21-13-22(31-4-2)20(27(28)29)12-17(21)23-18-15-26(11-10-19(18)24-25-23)14-16-8-6-5-7-9-16/h5-9,12-13H,3-4,10-11,14-15H2,1-2H3,(H,24,25). The van der Waals surface area contributed by atoms with Crippen molar-refractivity contribution in [3.63, 3.8) is 0 Å². The third kappa shape index (κ3) is 4.39. The molecule has 0 unspecified atom stereocenters. The van der Waals surface area contributed by atoms with E-state index in [1.165, 1.54) is 11.6 Å². The molecule has 8 heteroatoms. The largest absolute Gasteiger partial charge is 0.493 e. The lowest BCUT2D eigenvalue weighted by molar-refractivity contribution is -0.385. The first kappa shape index (κ1) is 20.9. The summed E-state index contributed by atoms with van der Waals surface area (Å²) < 4.78 is 11.3. The van der Waals surface area contributed by atoms with E-state index in [1.54, 1.807) is 13.0 Å². The summed E-state index contributed by atoms with van der Waals surface area (Å²) in [5.41, 5.74) is 4.59. The van der Waals surface area contributed by atoms with Gasteiger partial charge >= 0.3 is 5.69 Å². The highest BCUT2D eigenvalue weighted by Gasteiger charge is 2.28. The molecule has 1 N–H and O–H groups in total. The van der Waals surface area contributed by atoms with Gasteiger partial charge in [0.15, 0.2) is 0 Å². The van der Waals surface area contributed by atoms with Crippen LogP contribution < -0.4 is 9.47 Å². The number of H-pyrrole nitrogens is 1. The van der Waals surface area contributed by atoms with Crippen molar-refractivity contribution in [2.24, 2.45) is 0 Å². The van der Waals surface area contributed by atoms with Crippen LogP contribution in [0, 0.1) is 10.1 Å². The number of hydrogen-bond donors (Lipinski definition) is 1. The Kier molecular flexibility index (Phi) is 6.18. The number of aromatic amines is 1. The van der Waals surface area contributed by atoms with E-state index >= 15 is 0 Å². The fraction of sp³-hybridized carbons (Fsp3) is 0.348. The van der Waals surface area contributed by atoms with Crippen molar-refractivity contribution >= 4 is 5.69 Å². The molecule has 1 aromatic heterocycles. The Balaban J connectivity index is 1.71. The summed E-state index contributed by atoms with van der Waals surface area (Å²) in [5.74, 6) is 0.737. The zero-order valence-corrected chi connectivity index (χ0v) is 17.8. The van der Waals surface area contributed by atoms with E-state index in [0.29, 0.717) is 36.8 Å². The second-order valence-corrected chi connectivity index (χ2v) is 7.41. The molecule has 0 fully saturated rings. The van der Waals surface area contributed by atoms with E-state index in [1.807, 2.05) is 25.1 Å². The topological polar surface area (TPSA) is 93.5 Å². The number of nitro groups is 1. The zero-order valence-electron chi connectivity index (χ0n) is 17.8. The highest BCUT2D eigenvalue weighted by Crippen LogP contribution is 2.42. The number of rotatable bonds is 8. The van der Waals surface area contributed by atoms with Crippen molar-refractivity contribution in [3.05, 3.63) is 69.4 Å². The molecule has 0 radical (unpaired) electrons. The first-order chi connectivity index (χ1) is 15.1. The quantitative estimate of drug-likeness (QED) is 0.429. The van der Waals surface area contributed by atoms with Crippen LogP contribution in [0.2, 0.25) is 0 Å². The molecule has 4 rings (SSSR count). The molecule has 2 aromatic carbocycles. The van der Waals surface area contributed by atoms with Crippen LogP contribution in [0.15, 0.2) is 42.5 Å². The third-order valence-electron chi connectivity index (χ3n) is 5.37. The molecule has 8 nitrogen and oxygen atoms in total. The zero-order chi connectivity index (χ0) is 21.8. The number of hydrogen-bond acceptors (Lipinski definition) is 6. The molecule has 1 aliphatic rings. The van der Waals surface area contributed by atoms with Gasteiger partial charge in [-0.05, 0) is 19.4 Å². The SMILES string of the molecule is CCOc1cc(OCC)c([N+](=O)[O-])cc1-c1n[nH]c2c1CN(Cc1ccccc1)CC2. The van der Waals surface area contributed by atoms with E-state index in [2.05, 4.69) is 27.2 Å². The van der Waals surface area contributed by atoms with E-state index < -0.39 is 4.92 Å². The summed E-state index contributed by atoms with van der Waals surface area (Å²) in [5, 5.41) is 19.3. The first-order valence-corrected chi connectivity index (χ1v) is 10.5. The monoisotopic (exact) mass is 422 g/mol. The Morgan fingerprint density at radius 1 is 1.13 bits per heavy atom. The number of aromatic nitrogens is 2. The first-order valence-electron chi connectivity index (χ1n) is 10.5. The summed E-state index contributed by atoms with van der Waals surface area (Å²) in [7, 11) is 0. The average Bonchev–Trinajstić information content (AvgIpc) is 3.18. The Labute approximate surface area is 180 Å². The lowest BCUT2D eigenvalue weighted by Crippen LogP contribution is -2.30. The fourth-order valence-electron chi connectivity index (χ4n) is 3.97. The molecule has 0 aliphatic carbocycles. The summed E-state index contributed by atoms with van der Waals surface area (Å²) in [4.78, 5) is 13.6. The Hall–Kier alpha value is -3.39. The van der Waals surface area contributed by atoms with E-state index in [-0.39, 0.29) is 11.4 Å². The van der Waals surface area contributed by atoms with Crippen molar-refractivity contribution in [1.29, 1.82) is 0 Å². The normalized spacial score (nSPS) is 13.6. The van der Waals surface area contributed by atoms with Gasteiger partial charge in [-0.1, -0.05) is 30.3 Å². The minimum absolute atomic E-state index is 0.0889. The summed E-state index contributed by atoms with van der Waals surface area (Å²) in [6, 6.07) is 13.5. The fourth-order valence-corrected chi connectivity index (χ4v) is 3.97. The van der Waals surface area contributed by atoms with Crippen molar-refractivity contribution in [2.75, 3.05) is 19.8 Å². The van der Waals surface area contributed by atoms with E-state index in [4.69, 9.17) is 9.47 Å². The highest BCUT2D eigenvalue weighted by atomic mass is 16.6. The molecule has 0 bridgehead atoms. The molecule has 31 heavy (non-hydrogen) atoms. The van der Waals surface area contributed by atoms with Gasteiger partial charge in [0, 0.05) is 49.4 Å². The smallest absolute Gasteiger partial charge is 0.311 e. The van der Waals surface area contributed by atoms with Crippen molar-refractivity contribution < 1.29 is 14.4 Å². The van der Waals surface area contributed by atoms with Crippen LogP contribution in [0.1, 0.15) is 30.7 Å². The highest BCUT2D eigenvalue weighted by molar-refractivity contribution is 5.76. The van der Waals surface area contributed by atoms with Crippen LogP contribution in [-0.2, 0) is 19.5 Å². The number of nitrogens with one attached hydrogen (secondary N) is 1. The molecule has 2 heterocycles. The average molecular weight is 422 g/mol. The maximum Gasteiger partial charge on any atom is 0.311 e. The van der Waals surface area contributed by atoms with Gasteiger partial charge in [0.25, 0.3) is 0 Å². The number of ether oxygens (including phenoxy) is 2. The second kappa shape index (κ2) is 9.18. The maximum absolute atomic E-state index is 11.7. The molecular formula is C23H26N4O4. The van der Waals surface area contributed by atoms with Crippen molar-refractivity contribution in [2.45, 2.75) is 33.4 Å². The second-order valence-electron chi connectivity index (χ2n) is 7.41. The summed E-state index contributed by atoms with van der Waals surface area (Å²) in [6.45, 7) is 6.91. The van der Waals surface area contributed by atoms with Gasteiger partial charge < -0.3 is 9.47 Å². The minimum atomic E-state index is -0.426. The predicted molar refractivity (Wildman–Crippen MR) is 117 cm³/mol. The van der Waals surface area contributed by atoms with Crippen LogP contribution in [-0.4, -0.2) is 39.8 Å². The lowest BCUT2D eigenvalue weighted by Gasteiger charge is -2.27. The summed E-state index contributed by atoms with van der Waals surface area (Å²) >= 11 is 0. The van der Waals surface area contributed by atoms with Crippen LogP contribution in [0.3, 0.4) is 0 Å². The molecule has 0 saturated carbocycles. The third-order valence-corrected chi connectivity index (χ3v) is 5.37. The number of nitrogens with zero attached hydrogens (tertiary/aromatic N) is 3. The van der Waals surface area contributed by atoms with E-state index in [9.17, 15) is 10.1 Å². The minimum Gasteiger partial charge on any atom is -0.493 e. The molecule has 1 aliphatic heterocycles. The van der Waals surface area contributed by atoms with Crippen LogP contribution in [0.25, 0.3) is 11.3 Å². The predicted octanol–water partition coefficient (Wildman–Crippen LogP) is 4.34. The molecule has 0 spiro atoms. The van der Waals surface area contributed by atoms with Gasteiger partial charge in [-0.2, -0.15) is 5.10 Å². The Morgan fingerprint density at radius 2 is 1.87 bits per heavy atom. The molecular weight excluding hydrogens is 396 g/mol. The molecule has 162 valence electrons. The number of nitro benzene ring substituents is 1.